The number of hydrogen-bond acceptors (Lipinski definition) is 3. The summed E-state index contributed by atoms with van der Waals surface area (Å²) in [5.41, 5.74) is 10.1. The van der Waals surface area contributed by atoms with Gasteiger partial charge >= 0.3 is 0 Å². The van der Waals surface area contributed by atoms with E-state index in [1.165, 1.54) is 13.1 Å². The summed E-state index contributed by atoms with van der Waals surface area (Å²) in [6.45, 7) is 0.753. The van der Waals surface area contributed by atoms with E-state index in [9.17, 15) is 13.6 Å². The highest BCUT2D eigenvalue weighted by atomic mass is 19.3. The van der Waals surface area contributed by atoms with Crippen LogP contribution in [-0.4, -0.2) is 21.6 Å². The molecule has 1 amide bonds. The molecule has 0 aliphatic heterocycles. The molecule has 0 unspecified atom stereocenters. The summed E-state index contributed by atoms with van der Waals surface area (Å²) >= 11 is 0. The van der Waals surface area contributed by atoms with Gasteiger partial charge in [0.1, 0.15) is 6.54 Å². The van der Waals surface area contributed by atoms with Gasteiger partial charge in [-0.2, -0.15) is 5.10 Å². The van der Waals surface area contributed by atoms with E-state index < -0.39 is 18.4 Å². The standard InChI is InChI=1S/C8H12F2N4O/c1-2-8(9,10)4-14-3-5(11)6(13-14)7(12)15/h3H,2,4,11H2,1H3,(H2,12,15). The average molecular weight is 218 g/mol. The molecule has 1 rings (SSSR count). The number of halogens is 2. The summed E-state index contributed by atoms with van der Waals surface area (Å²) < 4.78 is 26.9. The number of primary amides is 1. The van der Waals surface area contributed by atoms with Gasteiger partial charge in [0, 0.05) is 12.6 Å². The molecule has 0 aliphatic rings. The zero-order chi connectivity index (χ0) is 11.6. The van der Waals surface area contributed by atoms with Crippen LogP contribution in [0.25, 0.3) is 0 Å². The Balaban J connectivity index is 2.89. The van der Waals surface area contributed by atoms with Gasteiger partial charge in [-0.1, -0.05) is 6.92 Å². The minimum atomic E-state index is -2.87. The molecule has 0 bridgehead atoms. The number of aromatic nitrogens is 2. The molecule has 0 saturated carbocycles. The van der Waals surface area contributed by atoms with Crippen molar-refractivity contribution in [3.63, 3.8) is 0 Å². The van der Waals surface area contributed by atoms with E-state index in [4.69, 9.17) is 11.5 Å². The van der Waals surface area contributed by atoms with E-state index >= 15 is 0 Å². The highest BCUT2D eigenvalue weighted by Crippen LogP contribution is 2.21. The Morgan fingerprint density at radius 3 is 2.67 bits per heavy atom. The van der Waals surface area contributed by atoms with Crippen molar-refractivity contribution in [2.24, 2.45) is 5.73 Å². The minimum absolute atomic E-state index is 0.00871. The number of amides is 1. The number of nitrogen functional groups attached to an aromatic ring is 1. The normalized spacial score (nSPS) is 11.7. The van der Waals surface area contributed by atoms with Crippen LogP contribution in [0.1, 0.15) is 23.8 Å². The van der Waals surface area contributed by atoms with Crippen molar-refractivity contribution >= 4 is 11.6 Å². The number of anilines is 1. The number of rotatable bonds is 4. The first-order chi connectivity index (χ1) is 6.85. The van der Waals surface area contributed by atoms with E-state index in [1.54, 1.807) is 0 Å². The number of nitrogens with zero attached hydrogens (tertiary/aromatic N) is 2. The van der Waals surface area contributed by atoms with E-state index in [0.29, 0.717) is 0 Å². The molecule has 1 aromatic rings. The molecular formula is C8H12F2N4O. The molecule has 1 heterocycles. The minimum Gasteiger partial charge on any atom is -0.396 e. The van der Waals surface area contributed by atoms with E-state index in [2.05, 4.69) is 5.10 Å². The van der Waals surface area contributed by atoms with E-state index in [-0.39, 0.29) is 17.8 Å². The lowest BCUT2D eigenvalue weighted by Gasteiger charge is -2.13. The average Bonchev–Trinajstić information content (AvgIpc) is 2.46. The summed E-state index contributed by atoms with van der Waals surface area (Å²) in [5, 5.41) is 3.58. The van der Waals surface area contributed by atoms with Gasteiger partial charge in [-0.05, 0) is 0 Å². The predicted molar refractivity (Wildman–Crippen MR) is 50.4 cm³/mol. The first kappa shape index (κ1) is 11.4. The summed E-state index contributed by atoms with van der Waals surface area (Å²) in [6.07, 6.45) is 0.863. The summed E-state index contributed by atoms with van der Waals surface area (Å²) in [4.78, 5) is 10.7. The van der Waals surface area contributed by atoms with Crippen molar-refractivity contribution < 1.29 is 13.6 Å². The van der Waals surface area contributed by atoms with Crippen LogP contribution in [0.3, 0.4) is 0 Å². The van der Waals surface area contributed by atoms with E-state index in [0.717, 1.165) is 4.68 Å². The maximum atomic E-state index is 13.0. The van der Waals surface area contributed by atoms with Gasteiger partial charge in [0.2, 0.25) is 0 Å². The van der Waals surface area contributed by atoms with Crippen molar-refractivity contribution in [1.29, 1.82) is 0 Å². The molecule has 0 fully saturated rings. The first-order valence-electron chi connectivity index (χ1n) is 4.36. The van der Waals surface area contributed by atoms with Gasteiger partial charge in [-0.3, -0.25) is 9.48 Å². The van der Waals surface area contributed by atoms with Crippen LogP contribution in [0.2, 0.25) is 0 Å². The molecule has 7 heteroatoms. The van der Waals surface area contributed by atoms with Crippen LogP contribution in [0.15, 0.2) is 6.20 Å². The van der Waals surface area contributed by atoms with Crippen molar-refractivity contribution in [2.75, 3.05) is 5.73 Å². The highest BCUT2D eigenvalue weighted by molar-refractivity contribution is 5.95. The Morgan fingerprint density at radius 1 is 1.67 bits per heavy atom. The van der Waals surface area contributed by atoms with Crippen molar-refractivity contribution in [1.82, 2.24) is 9.78 Å². The zero-order valence-corrected chi connectivity index (χ0v) is 8.20. The second kappa shape index (κ2) is 3.84. The van der Waals surface area contributed by atoms with Gasteiger partial charge in [0.15, 0.2) is 5.69 Å². The Kier molecular flexibility index (Phi) is 2.92. The zero-order valence-electron chi connectivity index (χ0n) is 8.20. The third-order valence-electron chi connectivity index (χ3n) is 1.93. The maximum absolute atomic E-state index is 13.0. The molecule has 1 aromatic heterocycles. The van der Waals surface area contributed by atoms with Gasteiger partial charge < -0.3 is 11.5 Å². The second-order valence-corrected chi connectivity index (χ2v) is 3.20. The van der Waals surface area contributed by atoms with Gasteiger partial charge in [-0.25, -0.2) is 8.78 Å². The third kappa shape index (κ3) is 2.64. The first-order valence-corrected chi connectivity index (χ1v) is 4.36. The van der Waals surface area contributed by atoms with Crippen LogP contribution < -0.4 is 11.5 Å². The fraction of sp³-hybridized carbons (Fsp3) is 0.500. The molecule has 0 radical (unpaired) electrons. The van der Waals surface area contributed by atoms with Gasteiger partial charge in [-0.15, -0.1) is 0 Å². The largest absolute Gasteiger partial charge is 0.396 e. The Morgan fingerprint density at radius 2 is 2.27 bits per heavy atom. The molecule has 0 aliphatic carbocycles. The Labute approximate surface area is 85.0 Å². The van der Waals surface area contributed by atoms with Crippen molar-refractivity contribution in [3.8, 4) is 0 Å². The molecule has 15 heavy (non-hydrogen) atoms. The third-order valence-corrected chi connectivity index (χ3v) is 1.93. The van der Waals surface area contributed by atoms with Crippen LogP contribution in [0.5, 0.6) is 0 Å². The number of hydrogen-bond donors (Lipinski definition) is 2. The second-order valence-electron chi connectivity index (χ2n) is 3.20. The molecule has 84 valence electrons. The fourth-order valence-electron chi connectivity index (χ4n) is 1.06. The van der Waals surface area contributed by atoms with Crippen LogP contribution in [0.4, 0.5) is 14.5 Å². The van der Waals surface area contributed by atoms with Crippen LogP contribution in [0, 0.1) is 0 Å². The van der Waals surface area contributed by atoms with Crippen molar-refractivity contribution in [3.05, 3.63) is 11.9 Å². The molecule has 0 atom stereocenters. The SMILES string of the molecule is CCC(F)(F)Cn1cc(N)c(C(N)=O)n1. The number of alkyl halides is 2. The summed E-state index contributed by atoms with van der Waals surface area (Å²) in [7, 11) is 0. The Bertz CT molecular complexity index is 375. The summed E-state index contributed by atoms with van der Waals surface area (Å²) in [5.74, 6) is -3.70. The molecule has 0 saturated heterocycles. The van der Waals surface area contributed by atoms with Crippen LogP contribution in [-0.2, 0) is 6.54 Å². The number of carbonyl (C=O) groups excluding carboxylic acids is 1. The smallest absolute Gasteiger partial charge is 0.271 e. The maximum Gasteiger partial charge on any atom is 0.271 e. The lowest BCUT2D eigenvalue weighted by Crippen LogP contribution is -2.23. The van der Waals surface area contributed by atoms with Crippen molar-refractivity contribution in [2.45, 2.75) is 25.8 Å². The lowest BCUT2D eigenvalue weighted by atomic mass is 10.2. The lowest BCUT2D eigenvalue weighted by molar-refractivity contribution is -0.0229. The monoisotopic (exact) mass is 218 g/mol. The van der Waals surface area contributed by atoms with Gasteiger partial charge in [0.05, 0.1) is 5.69 Å². The topological polar surface area (TPSA) is 86.9 Å². The number of nitrogens with two attached hydrogens (primary N) is 2. The summed E-state index contributed by atoms with van der Waals surface area (Å²) in [6, 6.07) is 0. The van der Waals surface area contributed by atoms with Crippen LogP contribution >= 0.6 is 0 Å². The highest BCUT2D eigenvalue weighted by Gasteiger charge is 2.28. The number of carbonyl (C=O) groups is 1. The molecule has 0 aromatic carbocycles. The van der Waals surface area contributed by atoms with E-state index in [1.807, 2.05) is 0 Å². The Hall–Kier alpha value is -1.66. The fourth-order valence-corrected chi connectivity index (χ4v) is 1.06. The quantitative estimate of drug-likeness (QED) is 0.776. The molecule has 4 N–H and O–H groups in total. The predicted octanol–water partition coefficient (Wildman–Crippen LogP) is 0.610. The molecule has 5 nitrogen and oxygen atoms in total. The van der Waals surface area contributed by atoms with Gasteiger partial charge in [0.25, 0.3) is 11.8 Å². The molecular weight excluding hydrogens is 206 g/mol. The molecule has 0 spiro atoms.